The van der Waals surface area contributed by atoms with Gasteiger partial charge in [0.2, 0.25) is 0 Å². The monoisotopic (exact) mass is 270 g/mol. The zero-order valence-electron chi connectivity index (χ0n) is 11.0. The molecule has 0 aliphatic rings. The van der Waals surface area contributed by atoms with Crippen LogP contribution >= 0.6 is 11.3 Å². The van der Waals surface area contributed by atoms with E-state index in [1.54, 1.807) is 11.3 Å². The maximum absolute atomic E-state index is 11.7. The Morgan fingerprint density at radius 3 is 2.56 bits per heavy atom. The number of carbonyl (C=O) groups excluding carboxylic acids is 1. The van der Waals surface area contributed by atoms with Crippen molar-refractivity contribution in [3.63, 3.8) is 0 Å². The maximum atomic E-state index is 11.7. The number of aliphatic carboxylic acids is 1. The summed E-state index contributed by atoms with van der Waals surface area (Å²) in [6.07, 6.45) is 0. The predicted molar refractivity (Wildman–Crippen MR) is 70.9 cm³/mol. The molecule has 1 unspecified atom stereocenters. The molecule has 2 N–H and O–H groups in total. The van der Waals surface area contributed by atoms with Crippen molar-refractivity contribution in [3.05, 3.63) is 21.4 Å². The predicted octanol–water partition coefficient (Wildman–Crippen LogP) is 1.98. The van der Waals surface area contributed by atoms with Gasteiger partial charge in [-0.25, -0.2) is 9.59 Å². The van der Waals surface area contributed by atoms with Gasteiger partial charge < -0.3 is 15.3 Å². The number of carboxylic acid groups (broad SMARTS) is 1. The summed E-state index contributed by atoms with van der Waals surface area (Å²) in [6, 6.07) is 0.811. The number of rotatable bonds is 4. The summed E-state index contributed by atoms with van der Waals surface area (Å²) in [5.41, 5.74) is 1.21. The second kappa shape index (κ2) is 5.86. The molecule has 0 bridgehead atoms. The van der Waals surface area contributed by atoms with E-state index in [0.29, 0.717) is 6.54 Å². The van der Waals surface area contributed by atoms with Gasteiger partial charge in [0.05, 0.1) is 6.54 Å². The number of amides is 2. The van der Waals surface area contributed by atoms with Crippen LogP contribution in [0.25, 0.3) is 0 Å². The third-order valence-corrected chi connectivity index (χ3v) is 4.04. The van der Waals surface area contributed by atoms with E-state index in [9.17, 15) is 9.59 Å². The lowest BCUT2D eigenvalue weighted by atomic mass is 10.3. The number of nitrogens with zero attached hydrogens (tertiary/aromatic N) is 1. The molecule has 5 nitrogen and oxygen atoms in total. The van der Waals surface area contributed by atoms with Crippen LogP contribution in [-0.2, 0) is 11.3 Å². The molecule has 0 saturated carbocycles. The van der Waals surface area contributed by atoms with Crippen LogP contribution in [-0.4, -0.2) is 35.1 Å². The number of urea groups is 1. The average molecular weight is 270 g/mol. The van der Waals surface area contributed by atoms with Gasteiger partial charge in [0.1, 0.15) is 6.04 Å². The average Bonchev–Trinajstić information content (AvgIpc) is 2.63. The molecule has 0 saturated heterocycles. The minimum atomic E-state index is -1.02. The topological polar surface area (TPSA) is 69.6 Å². The van der Waals surface area contributed by atoms with Crippen molar-refractivity contribution in [1.29, 1.82) is 0 Å². The van der Waals surface area contributed by atoms with E-state index in [2.05, 4.69) is 5.32 Å². The summed E-state index contributed by atoms with van der Waals surface area (Å²) in [7, 11) is 1.47. The Kier molecular flexibility index (Phi) is 4.72. The van der Waals surface area contributed by atoms with Gasteiger partial charge in [-0.05, 0) is 32.4 Å². The summed E-state index contributed by atoms with van der Waals surface area (Å²) < 4.78 is 0. The van der Waals surface area contributed by atoms with E-state index in [1.165, 1.54) is 29.3 Å². The Bertz CT molecular complexity index is 437. The lowest BCUT2D eigenvalue weighted by Crippen LogP contribution is -2.45. The summed E-state index contributed by atoms with van der Waals surface area (Å²) in [6.45, 7) is 5.95. The van der Waals surface area contributed by atoms with Crippen molar-refractivity contribution in [2.75, 3.05) is 7.05 Å². The second-order valence-corrected chi connectivity index (χ2v) is 5.58. The molecule has 0 spiro atoms. The van der Waals surface area contributed by atoms with Gasteiger partial charge in [0, 0.05) is 16.8 Å². The van der Waals surface area contributed by atoms with Crippen molar-refractivity contribution < 1.29 is 14.7 Å². The highest BCUT2D eigenvalue weighted by atomic mass is 32.1. The van der Waals surface area contributed by atoms with Crippen molar-refractivity contribution in [2.45, 2.75) is 33.4 Å². The first-order valence-corrected chi connectivity index (χ1v) is 6.44. The van der Waals surface area contributed by atoms with Crippen molar-refractivity contribution in [2.24, 2.45) is 0 Å². The van der Waals surface area contributed by atoms with Crippen LogP contribution in [0.1, 0.15) is 22.2 Å². The molecule has 0 fully saturated rings. The Hall–Kier alpha value is -1.56. The van der Waals surface area contributed by atoms with Gasteiger partial charge in [-0.3, -0.25) is 0 Å². The first kappa shape index (κ1) is 14.5. The van der Waals surface area contributed by atoms with Gasteiger partial charge >= 0.3 is 12.0 Å². The molecule has 1 aromatic heterocycles. The van der Waals surface area contributed by atoms with E-state index in [1.807, 2.05) is 19.9 Å². The molecule has 6 heteroatoms. The highest BCUT2D eigenvalue weighted by Crippen LogP contribution is 2.20. The minimum Gasteiger partial charge on any atom is -0.480 e. The molecule has 1 rings (SSSR count). The van der Waals surface area contributed by atoms with Crippen LogP contribution < -0.4 is 5.32 Å². The van der Waals surface area contributed by atoms with Crippen LogP contribution in [0.4, 0.5) is 4.79 Å². The summed E-state index contributed by atoms with van der Waals surface area (Å²) >= 11 is 1.63. The fourth-order valence-corrected chi connectivity index (χ4v) is 2.36. The Morgan fingerprint density at radius 2 is 2.11 bits per heavy atom. The number of likely N-dealkylation sites (N-methyl/N-ethyl adjacent to an activating group) is 1. The SMILES string of the molecule is Cc1cc(CNC(=O)N(C)C(C)C(=O)O)sc1C. The smallest absolute Gasteiger partial charge is 0.326 e. The van der Waals surface area contributed by atoms with E-state index >= 15 is 0 Å². The minimum absolute atomic E-state index is 0.381. The van der Waals surface area contributed by atoms with E-state index in [-0.39, 0.29) is 6.03 Å². The largest absolute Gasteiger partial charge is 0.480 e. The number of aryl methyl sites for hydroxylation is 2. The summed E-state index contributed by atoms with van der Waals surface area (Å²) in [4.78, 5) is 25.9. The molecular formula is C12H18N2O3S. The normalized spacial score (nSPS) is 12.0. The highest BCUT2D eigenvalue weighted by Gasteiger charge is 2.21. The molecule has 0 aliphatic heterocycles. The van der Waals surface area contributed by atoms with Crippen LogP contribution in [0.3, 0.4) is 0 Å². The molecule has 1 aromatic rings. The third kappa shape index (κ3) is 3.46. The summed E-state index contributed by atoms with van der Waals surface area (Å²) in [5, 5.41) is 11.5. The second-order valence-electron chi connectivity index (χ2n) is 4.24. The lowest BCUT2D eigenvalue weighted by Gasteiger charge is -2.21. The standard InChI is InChI=1S/C12H18N2O3S/c1-7-5-10(18-9(7)3)6-13-12(17)14(4)8(2)11(15)16/h5,8H,6H2,1-4H3,(H,13,17)(H,15,16). The first-order valence-electron chi connectivity index (χ1n) is 5.62. The van der Waals surface area contributed by atoms with Crippen LogP contribution in [0.15, 0.2) is 6.07 Å². The number of hydrogen-bond acceptors (Lipinski definition) is 3. The molecule has 1 atom stereocenters. The molecule has 0 radical (unpaired) electrons. The van der Waals surface area contributed by atoms with E-state index in [0.717, 1.165) is 4.88 Å². The van der Waals surface area contributed by atoms with Crippen molar-refractivity contribution in [3.8, 4) is 0 Å². The van der Waals surface area contributed by atoms with Crippen molar-refractivity contribution in [1.82, 2.24) is 10.2 Å². The Balaban J connectivity index is 2.53. The Labute approximate surface area is 110 Å². The van der Waals surface area contributed by atoms with E-state index in [4.69, 9.17) is 5.11 Å². The number of carboxylic acids is 1. The van der Waals surface area contributed by atoms with Gasteiger partial charge in [-0.1, -0.05) is 0 Å². The van der Waals surface area contributed by atoms with Gasteiger partial charge in [0.15, 0.2) is 0 Å². The fourth-order valence-electron chi connectivity index (χ4n) is 1.37. The molecule has 0 aromatic carbocycles. The number of carbonyl (C=O) groups is 2. The van der Waals surface area contributed by atoms with E-state index < -0.39 is 12.0 Å². The molecule has 2 amide bonds. The number of thiophene rings is 1. The van der Waals surface area contributed by atoms with Crippen LogP contribution in [0, 0.1) is 13.8 Å². The van der Waals surface area contributed by atoms with Crippen LogP contribution in [0.5, 0.6) is 0 Å². The Morgan fingerprint density at radius 1 is 1.50 bits per heavy atom. The zero-order valence-corrected chi connectivity index (χ0v) is 11.8. The van der Waals surface area contributed by atoms with Gasteiger partial charge in [0.25, 0.3) is 0 Å². The third-order valence-electron chi connectivity index (χ3n) is 2.89. The molecule has 100 valence electrons. The molecule has 1 heterocycles. The number of nitrogens with one attached hydrogen (secondary N) is 1. The molecule has 0 aliphatic carbocycles. The van der Waals surface area contributed by atoms with Crippen LogP contribution in [0.2, 0.25) is 0 Å². The highest BCUT2D eigenvalue weighted by molar-refractivity contribution is 7.12. The quantitative estimate of drug-likeness (QED) is 0.879. The van der Waals surface area contributed by atoms with Gasteiger partial charge in [-0.2, -0.15) is 0 Å². The molecular weight excluding hydrogens is 252 g/mol. The first-order chi connectivity index (χ1) is 8.32. The fraction of sp³-hybridized carbons (Fsp3) is 0.500. The summed E-state index contributed by atoms with van der Waals surface area (Å²) in [5.74, 6) is -1.02. The van der Waals surface area contributed by atoms with Crippen molar-refractivity contribution >= 4 is 23.3 Å². The lowest BCUT2D eigenvalue weighted by molar-refractivity contribution is -0.141. The maximum Gasteiger partial charge on any atom is 0.326 e. The molecule has 18 heavy (non-hydrogen) atoms. The van der Waals surface area contributed by atoms with Gasteiger partial charge in [-0.15, -0.1) is 11.3 Å². The number of hydrogen-bond donors (Lipinski definition) is 2. The zero-order chi connectivity index (χ0) is 13.9.